The number of rotatable bonds is 10. The first kappa shape index (κ1) is 29.3. The highest BCUT2D eigenvalue weighted by Gasteiger charge is 2.28. The molecule has 2 aromatic carbocycles. The van der Waals surface area contributed by atoms with Gasteiger partial charge in [-0.25, -0.2) is 0 Å². The fourth-order valence-corrected chi connectivity index (χ4v) is 4.08. The second-order valence-corrected chi connectivity index (χ2v) is 11.1. The molecule has 186 valence electrons. The number of hydrogen-bond donors (Lipinski definition) is 0. The molecule has 1 unspecified atom stereocenters. The molecule has 0 amide bonds. The van der Waals surface area contributed by atoms with Crippen LogP contribution in [0.2, 0.25) is 0 Å². The van der Waals surface area contributed by atoms with Gasteiger partial charge >= 0.3 is 0 Å². The van der Waals surface area contributed by atoms with Crippen molar-refractivity contribution in [3.8, 4) is 11.5 Å². The van der Waals surface area contributed by atoms with Gasteiger partial charge in [0.1, 0.15) is 24.7 Å². The highest BCUT2D eigenvalue weighted by molar-refractivity contribution is 5.32. The van der Waals surface area contributed by atoms with Gasteiger partial charge in [0.25, 0.3) is 0 Å². The molecular formula is C29H46ClNO2. The van der Waals surface area contributed by atoms with Crippen LogP contribution in [0.5, 0.6) is 11.5 Å². The summed E-state index contributed by atoms with van der Waals surface area (Å²) in [6, 6.07) is 17.1. The fourth-order valence-electron chi connectivity index (χ4n) is 4.08. The SMILES string of the molecule is CC[N+](CC)(CC)CC(COc1ccc(C(C)(C)C)cc1)Oc1ccc(C(C)(C)C)cc1.[Cl-]. The largest absolute Gasteiger partial charge is 1.00 e. The van der Waals surface area contributed by atoms with E-state index >= 15 is 0 Å². The zero-order chi connectivity index (χ0) is 24.0. The molecule has 0 heterocycles. The second kappa shape index (κ2) is 12.1. The van der Waals surface area contributed by atoms with Crippen molar-refractivity contribution in [2.45, 2.75) is 79.2 Å². The summed E-state index contributed by atoms with van der Waals surface area (Å²) in [5, 5.41) is 0. The summed E-state index contributed by atoms with van der Waals surface area (Å²) in [6.07, 6.45) is -0.0161. The predicted molar refractivity (Wildman–Crippen MR) is 137 cm³/mol. The van der Waals surface area contributed by atoms with E-state index in [1.807, 2.05) is 0 Å². The summed E-state index contributed by atoms with van der Waals surface area (Å²) in [4.78, 5) is 0. The van der Waals surface area contributed by atoms with Crippen molar-refractivity contribution >= 4 is 0 Å². The number of halogens is 1. The Bertz CT molecular complexity index is 804. The van der Waals surface area contributed by atoms with Crippen molar-refractivity contribution in [2.24, 2.45) is 0 Å². The smallest absolute Gasteiger partial charge is 0.181 e. The molecule has 0 aliphatic carbocycles. The van der Waals surface area contributed by atoms with Crippen molar-refractivity contribution in [3.05, 3.63) is 59.7 Å². The number of hydrogen-bond acceptors (Lipinski definition) is 2. The molecule has 0 N–H and O–H groups in total. The molecule has 0 bridgehead atoms. The minimum atomic E-state index is -0.0161. The van der Waals surface area contributed by atoms with Gasteiger partial charge in [-0.3, -0.25) is 0 Å². The molecule has 33 heavy (non-hydrogen) atoms. The number of benzene rings is 2. The molecule has 0 aliphatic heterocycles. The maximum Gasteiger partial charge on any atom is 0.181 e. The normalized spacial score (nSPS) is 13.2. The monoisotopic (exact) mass is 475 g/mol. The fraction of sp³-hybridized carbons (Fsp3) is 0.586. The first-order valence-corrected chi connectivity index (χ1v) is 12.3. The van der Waals surface area contributed by atoms with Gasteiger partial charge in [0, 0.05) is 0 Å². The molecule has 4 heteroatoms. The first-order chi connectivity index (χ1) is 14.9. The van der Waals surface area contributed by atoms with E-state index in [0.717, 1.165) is 42.2 Å². The average molecular weight is 476 g/mol. The predicted octanol–water partition coefficient (Wildman–Crippen LogP) is 3.99. The van der Waals surface area contributed by atoms with E-state index in [2.05, 4.69) is 111 Å². The number of likely N-dealkylation sites (N-methyl/N-ethyl adjacent to an activating group) is 1. The molecule has 0 fully saturated rings. The van der Waals surface area contributed by atoms with Crippen molar-refractivity contribution in [3.63, 3.8) is 0 Å². The topological polar surface area (TPSA) is 18.5 Å². The Morgan fingerprint density at radius 1 is 0.667 bits per heavy atom. The number of nitrogens with zero attached hydrogens (tertiary/aromatic N) is 1. The Balaban J connectivity index is 0.00000544. The lowest BCUT2D eigenvalue weighted by Gasteiger charge is -2.38. The minimum Gasteiger partial charge on any atom is -1.00 e. The first-order valence-electron chi connectivity index (χ1n) is 12.3. The highest BCUT2D eigenvalue weighted by Crippen LogP contribution is 2.26. The van der Waals surface area contributed by atoms with Gasteiger partial charge in [-0.15, -0.1) is 0 Å². The van der Waals surface area contributed by atoms with Gasteiger partial charge in [0.2, 0.25) is 0 Å². The van der Waals surface area contributed by atoms with E-state index in [1.165, 1.54) is 11.1 Å². The van der Waals surface area contributed by atoms with Crippen LogP contribution in [0.15, 0.2) is 48.5 Å². The van der Waals surface area contributed by atoms with Gasteiger partial charge in [-0.1, -0.05) is 65.8 Å². The lowest BCUT2D eigenvalue weighted by atomic mass is 9.87. The van der Waals surface area contributed by atoms with Crippen LogP contribution in [0.25, 0.3) is 0 Å². The molecule has 1 atom stereocenters. The molecule has 0 aliphatic rings. The molecule has 2 aromatic rings. The minimum absolute atomic E-state index is 0. The maximum atomic E-state index is 6.50. The molecular weight excluding hydrogens is 430 g/mol. The Labute approximate surface area is 209 Å². The van der Waals surface area contributed by atoms with E-state index in [1.54, 1.807) is 0 Å². The Morgan fingerprint density at radius 3 is 1.42 bits per heavy atom. The number of ether oxygens (including phenoxy) is 2. The van der Waals surface area contributed by atoms with E-state index in [-0.39, 0.29) is 29.3 Å². The Kier molecular flexibility index (Phi) is 10.8. The van der Waals surface area contributed by atoms with Gasteiger partial charge in [-0.2, -0.15) is 0 Å². The second-order valence-electron chi connectivity index (χ2n) is 11.1. The Morgan fingerprint density at radius 2 is 1.06 bits per heavy atom. The van der Waals surface area contributed by atoms with Crippen LogP contribution in [-0.2, 0) is 10.8 Å². The third-order valence-corrected chi connectivity index (χ3v) is 6.78. The molecule has 0 saturated carbocycles. The average Bonchev–Trinajstić information content (AvgIpc) is 2.75. The van der Waals surface area contributed by atoms with Gasteiger partial charge in [0.15, 0.2) is 6.10 Å². The van der Waals surface area contributed by atoms with Crippen LogP contribution in [0.3, 0.4) is 0 Å². The third kappa shape index (κ3) is 8.54. The molecule has 0 saturated heterocycles. The summed E-state index contributed by atoms with van der Waals surface area (Å²) in [5.41, 5.74) is 2.91. The lowest BCUT2D eigenvalue weighted by molar-refractivity contribution is -0.925. The summed E-state index contributed by atoms with van der Waals surface area (Å²) in [6.45, 7) is 25.0. The van der Waals surface area contributed by atoms with Crippen LogP contribution >= 0.6 is 0 Å². The lowest BCUT2D eigenvalue weighted by Crippen LogP contribution is -3.00. The van der Waals surface area contributed by atoms with E-state index in [0.29, 0.717) is 6.61 Å². The standard InChI is InChI=1S/C29H46NO2.ClH/c1-10-30(11-2,12-3)21-27(32-26-19-15-24(16-20-26)29(7,8)9)22-31-25-17-13-23(14-18-25)28(4,5)6;/h13-20,27H,10-12,21-22H2,1-9H3;1H/q+1;/p-1. The van der Waals surface area contributed by atoms with Gasteiger partial charge < -0.3 is 26.4 Å². The van der Waals surface area contributed by atoms with Crippen LogP contribution in [0.1, 0.15) is 73.4 Å². The summed E-state index contributed by atoms with van der Waals surface area (Å²) >= 11 is 0. The van der Waals surface area contributed by atoms with Gasteiger partial charge in [0.05, 0.1) is 19.6 Å². The molecule has 3 nitrogen and oxygen atoms in total. The zero-order valence-corrected chi connectivity index (χ0v) is 23.1. The van der Waals surface area contributed by atoms with Crippen molar-refractivity contribution in [2.75, 3.05) is 32.8 Å². The third-order valence-electron chi connectivity index (χ3n) is 6.78. The van der Waals surface area contributed by atoms with Crippen LogP contribution < -0.4 is 21.9 Å². The zero-order valence-electron chi connectivity index (χ0n) is 22.4. The molecule has 0 aromatic heterocycles. The van der Waals surface area contributed by atoms with Crippen molar-refractivity contribution in [1.29, 1.82) is 0 Å². The quantitative estimate of drug-likeness (QED) is 0.484. The maximum absolute atomic E-state index is 6.50. The summed E-state index contributed by atoms with van der Waals surface area (Å²) in [7, 11) is 0. The van der Waals surface area contributed by atoms with E-state index < -0.39 is 0 Å². The van der Waals surface area contributed by atoms with E-state index in [9.17, 15) is 0 Å². The molecule has 0 radical (unpaired) electrons. The van der Waals surface area contributed by atoms with E-state index in [4.69, 9.17) is 9.47 Å². The molecule has 0 spiro atoms. The molecule has 2 rings (SSSR count). The highest BCUT2D eigenvalue weighted by atomic mass is 35.5. The summed E-state index contributed by atoms with van der Waals surface area (Å²) < 4.78 is 13.8. The number of quaternary nitrogens is 1. The Hall–Kier alpha value is -1.71. The van der Waals surface area contributed by atoms with Gasteiger partial charge in [-0.05, 0) is 67.0 Å². The summed E-state index contributed by atoms with van der Waals surface area (Å²) in [5.74, 6) is 1.81. The van der Waals surface area contributed by atoms with Crippen molar-refractivity contribution < 1.29 is 26.4 Å². The van der Waals surface area contributed by atoms with Crippen molar-refractivity contribution in [1.82, 2.24) is 0 Å². The van der Waals surface area contributed by atoms with Crippen LogP contribution in [-0.4, -0.2) is 43.4 Å². The van der Waals surface area contributed by atoms with Crippen LogP contribution in [0, 0.1) is 0 Å². The van der Waals surface area contributed by atoms with Crippen LogP contribution in [0.4, 0.5) is 0 Å².